The van der Waals surface area contributed by atoms with Crippen LogP contribution < -0.4 is 4.74 Å². The molecule has 6 heteroatoms. The second kappa shape index (κ2) is 4.92. The second-order valence-corrected chi connectivity index (χ2v) is 4.27. The maximum absolute atomic E-state index is 10.9. The predicted molar refractivity (Wildman–Crippen MR) is 62.4 cm³/mol. The summed E-state index contributed by atoms with van der Waals surface area (Å²) in [6.07, 6.45) is 1.42. The maximum Gasteiger partial charge on any atom is 0.358 e. The third-order valence-electron chi connectivity index (χ3n) is 1.99. The molecule has 2 rings (SSSR count). The average molecular weight is 250 g/mol. The fourth-order valence-corrected chi connectivity index (χ4v) is 1.96. The molecule has 2 aromatic heterocycles. The van der Waals surface area contributed by atoms with Crippen LogP contribution in [0, 0.1) is 6.92 Å². The standard InChI is InChI=1S/C11H10N2O3S/c1-7-6-17-9(13-7)5-16-8-3-2-4-12-10(8)11(14)15/h2-4,6H,5H2,1H3,(H,14,15). The molecule has 0 unspecified atom stereocenters. The maximum atomic E-state index is 10.9. The van der Waals surface area contributed by atoms with Crippen LogP contribution in [0.3, 0.4) is 0 Å². The Morgan fingerprint density at radius 2 is 2.41 bits per heavy atom. The third-order valence-corrected chi connectivity index (χ3v) is 2.93. The van der Waals surface area contributed by atoms with E-state index in [0.717, 1.165) is 10.7 Å². The molecule has 2 aromatic rings. The number of aromatic carboxylic acids is 1. The SMILES string of the molecule is Cc1csc(COc2cccnc2C(=O)O)n1. The molecular formula is C11H10N2O3S. The molecule has 2 heterocycles. The van der Waals surface area contributed by atoms with Crippen LogP contribution in [-0.2, 0) is 6.61 Å². The van der Waals surface area contributed by atoms with Crippen LogP contribution in [0.4, 0.5) is 0 Å². The average Bonchev–Trinajstić information content (AvgIpc) is 2.73. The van der Waals surface area contributed by atoms with E-state index < -0.39 is 5.97 Å². The molecule has 0 aromatic carbocycles. The Hall–Kier alpha value is -1.95. The molecule has 5 nitrogen and oxygen atoms in total. The highest BCUT2D eigenvalue weighted by atomic mass is 32.1. The van der Waals surface area contributed by atoms with Crippen molar-refractivity contribution in [1.29, 1.82) is 0 Å². The number of thiazole rings is 1. The lowest BCUT2D eigenvalue weighted by Gasteiger charge is -2.05. The van der Waals surface area contributed by atoms with Crippen molar-refractivity contribution in [2.45, 2.75) is 13.5 Å². The molecule has 0 spiro atoms. The summed E-state index contributed by atoms with van der Waals surface area (Å²) in [6, 6.07) is 3.21. The number of hydrogen-bond acceptors (Lipinski definition) is 5. The third kappa shape index (κ3) is 2.79. The van der Waals surface area contributed by atoms with Crippen LogP contribution in [0.2, 0.25) is 0 Å². The van der Waals surface area contributed by atoms with Crippen molar-refractivity contribution in [3.63, 3.8) is 0 Å². The van der Waals surface area contributed by atoms with Crippen LogP contribution in [0.15, 0.2) is 23.7 Å². The molecule has 0 radical (unpaired) electrons. The van der Waals surface area contributed by atoms with Gasteiger partial charge in [-0.2, -0.15) is 0 Å². The first-order chi connectivity index (χ1) is 8.16. The molecule has 17 heavy (non-hydrogen) atoms. The molecule has 0 saturated carbocycles. The number of aromatic nitrogens is 2. The molecule has 0 saturated heterocycles. The van der Waals surface area contributed by atoms with Crippen LogP contribution in [0.5, 0.6) is 5.75 Å². The zero-order valence-electron chi connectivity index (χ0n) is 9.08. The van der Waals surface area contributed by atoms with Crippen LogP contribution in [-0.4, -0.2) is 21.0 Å². The minimum Gasteiger partial charge on any atom is -0.484 e. The van der Waals surface area contributed by atoms with Crippen molar-refractivity contribution in [3.05, 3.63) is 40.1 Å². The van der Waals surface area contributed by atoms with Gasteiger partial charge < -0.3 is 9.84 Å². The molecule has 0 amide bonds. The summed E-state index contributed by atoms with van der Waals surface area (Å²) < 4.78 is 5.40. The number of nitrogens with zero attached hydrogens (tertiary/aromatic N) is 2. The van der Waals surface area contributed by atoms with Crippen LogP contribution in [0.1, 0.15) is 21.2 Å². The minimum atomic E-state index is -1.10. The highest BCUT2D eigenvalue weighted by Gasteiger charge is 2.12. The van der Waals surface area contributed by atoms with Crippen molar-refractivity contribution in [3.8, 4) is 5.75 Å². The highest BCUT2D eigenvalue weighted by molar-refractivity contribution is 7.09. The molecule has 88 valence electrons. The number of carboxylic acid groups (broad SMARTS) is 1. The van der Waals surface area contributed by atoms with Gasteiger partial charge in [-0.1, -0.05) is 0 Å². The smallest absolute Gasteiger partial charge is 0.358 e. The fraction of sp³-hybridized carbons (Fsp3) is 0.182. The first-order valence-corrected chi connectivity index (χ1v) is 5.77. The lowest BCUT2D eigenvalue weighted by molar-refractivity contribution is 0.0685. The Labute approximate surface area is 102 Å². The number of hydrogen-bond donors (Lipinski definition) is 1. The van der Waals surface area contributed by atoms with Crippen LogP contribution >= 0.6 is 11.3 Å². The van der Waals surface area contributed by atoms with Gasteiger partial charge in [0, 0.05) is 17.3 Å². The first kappa shape index (κ1) is 11.5. The van der Waals surface area contributed by atoms with Gasteiger partial charge in [-0.25, -0.2) is 14.8 Å². The zero-order valence-corrected chi connectivity index (χ0v) is 9.90. The summed E-state index contributed by atoms with van der Waals surface area (Å²) in [7, 11) is 0. The van der Waals surface area contributed by atoms with Crippen molar-refractivity contribution in [2.75, 3.05) is 0 Å². The predicted octanol–water partition coefficient (Wildman–Crippen LogP) is 2.12. The summed E-state index contributed by atoms with van der Waals surface area (Å²) >= 11 is 1.48. The van der Waals surface area contributed by atoms with E-state index in [1.807, 2.05) is 12.3 Å². The van der Waals surface area contributed by atoms with Crippen molar-refractivity contribution >= 4 is 17.3 Å². The van der Waals surface area contributed by atoms with Crippen molar-refractivity contribution in [2.24, 2.45) is 0 Å². The van der Waals surface area contributed by atoms with Gasteiger partial charge in [-0.3, -0.25) is 0 Å². The van der Waals surface area contributed by atoms with E-state index >= 15 is 0 Å². The number of pyridine rings is 1. The van der Waals surface area contributed by atoms with Gasteiger partial charge >= 0.3 is 5.97 Å². The van der Waals surface area contributed by atoms with Gasteiger partial charge in [-0.15, -0.1) is 11.3 Å². The van der Waals surface area contributed by atoms with Gasteiger partial charge in [0.2, 0.25) is 0 Å². The van der Waals surface area contributed by atoms with E-state index in [1.54, 1.807) is 12.1 Å². The Kier molecular flexibility index (Phi) is 3.34. The van der Waals surface area contributed by atoms with Gasteiger partial charge in [-0.05, 0) is 19.1 Å². The van der Waals surface area contributed by atoms with E-state index in [1.165, 1.54) is 17.5 Å². The van der Waals surface area contributed by atoms with E-state index in [9.17, 15) is 4.79 Å². The van der Waals surface area contributed by atoms with Gasteiger partial charge in [0.15, 0.2) is 11.4 Å². The number of carboxylic acids is 1. The fourth-order valence-electron chi connectivity index (χ4n) is 1.28. The second-order valence-electron chi connectivity index (χ2n) is 3.33. The molecule has 0 fully saturated rings. The number of aryl methyl sites for hydroxylation is 1. The van der Waals surface area contributed by atoms with E-state index in [2.05, 4.69) is 9.97 Å². The molecule has 1 N–H and O–H groups in total. The van der Waals surface area contributed by atoms with Crippen molar-refractivity contribution < 1.29 is 14.6 Å². The Morgan fingerprint density at radius 3 is 3.06 bits per heavy atom. The van der Waals surface area contributed by atoms with Crippen molar-refractivity contribution in [1.82, 2.24) is 9.97 Å². The molecule has 0 aliphatic heterocycles. The number of carbonyl (C=O) groups is 1. The van der Waals surface area contributed by atoms with Crippen LogP contribution in [0.25, 0.3) is 0 Å². The monoisotopic (exact) mass is 250 g/mol. The first-order valence-electron chi connectivity index (χ1n) is 4.89. The number of rotatable bonds is 4. The summed E-state index contributed by atoms with van der Waals surface area (Å²) in [5, 5.41) is 11.6. The summed E-state index contributed by atoms with van der Waals surface area (Å²) in [5.41, 5.74) is 0.846. The topological polar surface area (TPSA) is 72.3 Å². The van der Waals surface area contributed by atoms with Gasteiger partial charge in [0.25, 0.3) is 0 Å². The Bertz CT molecular complexity index is 539. The summed E-state index contributed by atoms with van der Waals surface area (Å²) in [4.78, 5) is 18.9. The van der Waals surface area contributed by atoms with E-state index in [4.69, 9.17) is 9.84 Å². The lowest BCUT2D eigenvalue weighted by atomic mass is 10.3. The Balaban J connectivity index is 2.11. The number of ether oxygens (including phenoxy) is 1. The Morgan fingerprint density at radius 1 is 1.59 bits per heavy atom. The molecule has 0 aliphatic rings. The summed E-state index contributed by atoms with van der Waals surface area (Å²) in [5.74, 6) is -0.844. The quantitative estimate of drug-likeness (QED) is 0.899. The highest BCUT2D eigenvalue weighted by Crippen LogP contribution is 2.18. The zero-order chi connectivity index (χ0) is 12.3. The van der Waals surface area contributed by atoms with E-state index in [-0.39, 0.29) is 18.1 Å². The minimum absolute atomic E-state index is 0.0826. The molecule has 0 atom stereocenters. The molecular weight excluding hydrogens is 240 g/mol. The normalized spacial score (nSPS) is 10.2. The van der Waals surface area contributed by atoms with Gasteiger partial charge in [0.1, 0.15) is 11.6 Å². The summed E-state index contributed by atoms with van der Waals surface area (Å²) in [6.45, 7) is 2.15. The van der Waals surface area contributed by atoms with E-state index in [0.29, 0.717) is 0 Å². The molecule has 0 bridgehead atoms. The lowest BCUT2D eigenvalue weighted by Crippen LogP contribution is -2.05. The molecule has 0 aliphatic carbocycles. The van der Waals surface area contributed by atoms with Gasteiger partial charge in [0.05, 0.1) is 0 Å². The largest absolute Gasteiger partial charge is 0.484 e.